The summed E-state index contributed by atoms with van der Waals surface area (Å²) in [6, 6.07) is 12.8. The quantitative estimate of drug-likeness (QED) is 0.609. The maximum absolute atomic E-state index is 11.8. The lowest BCUT2D eigenvalue weighted by atomic mass is 9.95. The SMILES string of the molecule is CCC(C)c1ccc2[nH]c(-c3ccc(C)cc3C)c(C=O)c2c1. The zero-order valence-electron chi connectivity index (χ0n) is 14.2. The van der Waals surface area contributed by atoms with Crippen molar-refractivity contribution >= 4 is 17.2 Å². The number of aromatic nitrogens is 1. The van der Waals surface area contributed by atoms with Crippen molar-refractivity contribution < 1.29 is 4.79 Å². The Bertz CT molecular complexity index is 873. The number of H-pyrrole nitrogens is 1. The third-order valence-electron chi connectivity index (χ3n) is 4.81. The maximum atomic E-state index is 11.8. The van der Waals surface area contributed by atoms with Crippen LogP contribution in [0.4, 0.5) is 0 Å². The number of hydrogen-bond donors (Lipinski definition) is 1. The minimum atomic E-state index is 0.498. The Balaban J connectivity index is 2.24. The fraction of sp³-hybridized carbons (Fsp3) is 0.286. The van der Waals surface area contributed by atoms with Crippen LogP contribution < -0.4 is 0 Å². The first-order valence-corrected chi connectivity index (χ1v) is 8.23. The first-order chi connectivity index (χ1) is 11.0. The summed E-state index contributed by atoms with van der Waals surface area (Å²) < 4.78 is 0. The second-order valence-electron chi connectivity index (χ2n) is 6.46. The number of nitrogens with one attached hydrogen (secondary N) is 1. The summed E-state index contributed by atoms with van der Waals surface area (Å²) in [7, 11) is 0. The van der Waals surface area contributed by atoms with Crippen LogP contribution in [0.15, 0.2) is 36.4 Å². The van der Waals surface area contributed by atoms with E-state index in [0.717, 1.165) is 40.4 Å². The third kappa shape index (κ3) is 2.70. The summed E-state index contributed by atoms with van der Waals surface area (Å²) in [6.07, 6.45) is 2.07. The standard InChI is InChI=1S/C21H23NO/c1-5-14(3)16-7-9-20-18(11-16)19(12-23)21(22-20)17-8-6-13(2)10-15(17)4/h6-12,14,22H,5H2,1-4H3. The van der Waals surface area contributed by atoms with Gasteiger partial charge in [0, 0.05) is 22.0 Å². The molecular weight excluding hydrogens is 282 g/mol. The lowest BCUT2D eigenvalue weighted by molar-refractivity contribution is 0.112. The van der Waals surface area contributed by atoms with Crippen molar-refractivity contribution in [1.29, 1.82) is 0 Å². The number of rotatable bonds is 4. The highest BCUT2D eigenvalue weighted by atomic mass is 16.1. The number of carbonyl (C=O) groups is 1. The second-order valence-corrected chi connectivity index (χ2v) is 6.46. The van der Waals surface area contributed by atoms with Crippen molar-refractivity contribution in [3.63, 3.8) is 0 Å². The van der Waals surface area contributed by atoms with Crippen LogP contribution in [0.5, 0.6) is 0 Å². The summed E-state index contributed by atoms with van der Waals surface area (Å²) in [5, 5.41) is 1.02. The monoisotopic (exact) mass is 305 g/mol. The number of aryl methyl sites for hydroxylation is 2. The smallest absolute Gasteiger partial charge is 0.152 e. The Labute approximate surface area is 137 Å². The van der Waals surface area contributed by atoms with Gasteiger partial charge in [0.1, 0.15) is 0 Å². The van der Waals surface area contributed by atoms with E-state index in [0.29, 0.717) is 5.92 Å². The van der Waals surface area contributed by atoms with Crippen molar-refractivity contribution in [2.45, 2.75) is 40.0 Å². The molecule has 0 bridgehead atoms. The van der Waals surface area contributed by atoms with Gasteiger partial charge in [0.25, 0.3) is 0 Å². The van der Waals surface area contributed by atoms with Crippen LogP contribution >= 0.6 is 0 Å². The van der Waals surface area contributed by atoms with E-state index in [9.17, 15) is 4.79 Å². The van der Waals surface area contributed by atoms with E-state index >= 15 is 0 Å². The van der Waals surface area contributed by atoms with Crippen LogP contribution in [-0.4, -0.2) is 11.3 Å². The maximum Gasteiger partial charge on any atom is 0.152 e. The summed E-state index contributed by atoms with van der Waals surface area (Å²) >= 11 is 0. The van der Waals surface area contributed by atoms with Gasteiger partial charge in [0.2, 0.25) is 0 Å². The molecule has 3 rings (SSSR count). The number of aromatic amines is 1. The van der Waals surface area contributed by atoms with Crippen LogP contribution in [0.25, 0.3) is 22.2 Å². The molecule has 0 spiro atoms. The molecule has 0 aliphatic rings. The summed E-state index contributed by atoms with van der Waals surface area (Å²) in [4.78, 5) is 15.2. The Hall–Kier alpha value is -2.35. The van der Waals surface area contributed by atoms with E-state index in [-0.39, 0.29) is 0 Å². The fourth-order valence-electron chi connectivity index (χ4n) is 3.20. The van der Waals surface area contributed by atoms with Gasteiger partial charge in [-0.05, 0) is 49.4 Å². The molecule has 0 saturated heterocycles. The molecule has 0 aliphatic carbocycles. The summed E-state index contributed by atoms with van der Waals surface area (Å²) in [6.45, 7) is 8.58. The highest BCUT2D eigenvalue weighted by Gasteiger charge is 2.15. The van der Waals surface area contributed by atoms with Gasteiger partial charge in [-0.3, -0.25) is 4.79 Å². The molecule has 0 amide bonds. The number of benzene rings is 2. The lowest BCUT2D eigenvalue weighted by Crippen LogP contribution is -1.91. The molecule has 3 aromatic rings. The molecule has 1 atom stereocenters. The van der Waals surface area contributed by atoms with Gasteiger partial charge in [-0.15, -0.1) is 0 Å². The van der Waals surface area contributed by atoms with E-state index < -0.39 is 0 Å². The molecule has 0 aliphatic heterocycles. The molecule has 1 aromatic heterocycles. The Morgan fingerprint density at radius 2 is 1.91 bits per heavy atom. The number of aldehydes is 1. The van der Waals surface area contributed by atoms with Gasteiger partial charge in [-0.25, -0.2) is 0 Å². The first kappa shape index (κ1) is 15.5. The third-order valence-corrected chi connectivity index (χ3v) is 4.81. The minimum Gasteiger partial charge on any atom is -0.354 e. The van der Waals surface area contributed by atoms with Crippen molar-refractivity contribution in [3.8, 4) is 11.3 Å². The highest BCUT2D eigenvalue weighted by Crippen LogP contribution is 2.33. The Morgan fingerprint density at radius 1 is 1.13 bits per heavy atom. The molecule has 0 saturated carbocycles. The molecule has 118 valence electrons. The van der Waals surface area contributed by atoms with E-state index in [1.807, 2.05) is 0 Å². The average Bonchev–Trinajstić information content (AvgIpc) is 2.91. The van der Waals surface area contributed by atoms with E-state index in [4.69, 9.17) is 0 Å². The van der Waals surface area contributed by atoms with Crippen molar-refractivity contribution in [2.75, 3.05) is 0 Å². The molecule has 1 heterocycles. The summed E-state index contributed by atoms with van der Waals surface area (Å²) in [5.74, 6) is 0.498. The van der Waals surface area contributed by atoms with Gasteiger partial charge in [-0.2, -0.15) is 0 Å². The first-order valence-electron chi connectivity index (χ1n) is 8.23. The fourth-order valence-corrected chi connectivity index (χ4v) is 3.20. The predicted octanol–water partition coefficient (Wildman–Crippen LogP) is 5.78. The van der Waals surface area contributed by atoms with Gasteiger partial charge in [0.15, 0.2) is 6.29 Å². The Morgan fingerprint density at radius 3 is 2.57 bits per heavy atom. The molecule has 2 aromatic carbocycles. The van der Waals surface area contributed by atoms with Crippen molar-refractivity contribution in [2.24, 2.45) is 0 Å². The van der Waals surface area contributed by atoms with E-state index in [1.165, 1.54) is 16.7 Å². The normalized spacial score (nSPS) is 12.5. The van der Waals surface area contributed by atoms with Crippen LogP contribution in [-0.2, 0) is 0 Å². The highest BCUT2D eigenvalue weighted by molar-refractivity contribution is 6.04. The van der Waals surface area contributed by atoms with Gasteiger partial charge < -0.3 is 4.98 Å². The zero-order chi connectivity index (χ0) is 16.6. The minimum absolute atomic E-state index is 0.498. The molecule has 23 heavy (non-hydrogen) atoms. The van der Waals surface area contributed by atoms with Gasteiger partial charge in [-0.1, -0.05) is 43.7 Å². The zero-order valence-corrected chi connectivity index (χ0v) is 14.2. The lowest BCUT2D eigenvalue weighted by Gasteiger charge is -2.08. The van der Waals surface area contributed by atoms with Gasteiger partial charge >= 0.3 is 0 Å². The number of fused-ring (bicyclic) bond motifs is 1. The van der Waals surface area contributed by atoms with Crippen LogP contribution in [0.1, 0.15) is 53.2 Å². The van der Waals surface area contributed by atoms with Crippen molar-refractivity contribution in [3.05, 3.63) is 58.7 Å². The molecule has 1 unspecified atom stereocenters. The molecule has 1 N–H and O–H groups in total. The van der Waals surface area contributed by atoms with Crippen LogP contribution in [0, 0.1) is 13.8 Å². The van der Waals surface area contributed by atoms with E-state index in [2.05, 4.69) is 69.1 Å². The molecule has 0 radical (unpaired) electrons. The molecule has 0 fully saturated rings. The Kier molecular flexibility index (Phi) is 4.08. The molecular formula is C21H23NO. The molecule has 2 nitrogen and oxygen atoms in total. The largest absolute Gasteiger partial charge is 0.354 e. The number of hydrogen-bond acceptors (Lipinski definition) is 1. The number of carbonyl (C=O) groups excluding carboxylic acids is 1. The van der Waals surface area contributed by atoms with Crippen LogP contribution in [0.3, 0.4) is 0 Å². The molecule has 2 heteroatoms. The topological polar surface area (TPSA) is 32.9 Å². The van der Waals surface area contributed by atoms with Crippen LogP contribution in [0.2, 0.25) is 0 Å². The van der Waals surface area contributed by atoms with Gasteiger partial charge in [0.05, 0.1) is 5.69 Å². The predicted molar refractivity (Wildman–Crippen MR) is 97.3 cm³/mol. The van der Waals surface area contributed by atoms with E-state index in [1.54, 1.807) is 0 Å². The summed E-state index contributed by atoms with van der Waals surface area (Å²) in [5.41, 5.74) is 7.50. The van der Waals surface area contributed by atoms with Crippen molar-refractivity contribution in [1.82, 2.24) is 4.98 Å². The second kappa shape index (κ2) is 6.04. The average molecular weight is 305 g/mol.